The molecular formula is C18H23Br3. The highest BCUT2D eigenvalue weighted by molar-refractivity contribution is 9.14. The largest absolute Gasteiger partial charge is 0.0834 e. The molecule has 3 heteroatoms. The minimum absolute atomic E-state index is 0.0105. The van der Waals surface area contributed by atoms with Crippen LogP contribution < -0.4 is 0 Å². The maximum atomic E-state index is 4.21. The molecule has 4 atom stereocenters. The molecule has 0 heterocycles. The Morgan fingerprint density at radius 1 is 0.714 bits per heavy atom. The van der Waals surface area contributed by atoms with Gasteiger partial charge in [-0.2, -0.15) is 0 Å². The molecule has 0 aromatic heterocycles. The van der Waals surface area contributed by atoms with Gasteiger partial charge in [0, 0.05) is 4.32 Å². The van der Waals surface area contributed by atoms with Crippen LogP contribution in [0.1, 0.15) is 47.1 Å². The van der Waals surface area contributed by atoms with Crippen molar-refractivity contribution in [3.8, 4) is 0 Å². The van der Waals surface area contributed by atoms with Gasteiger partial charge in [0.1, 0.15) is 0 Å². The second kappa shape index (κ2) is 4.00. The summed E-state index contributed by atoms with van der Waals surface area (Å²) in [6.45, 7) is 14.3. The number of alkyl halides is 3. The lowest BCUT2D eigenvalue weighted by atomic mass is 9.20. The Bertz CT molecular complexity index is 604. The summed E-state index contributed by atoms with van der Waals surface area (Å²) in [5.74, 6) is 0. The molecule has 0 aliphatic heterocycles. The number of halogens is 3. The lowest BCUT2D eigenvalue weighted by molar-refractivity contribution is -0.299. The molecule has 2 fully saturated rings. The van der Waals surface area contributed by atoms with Crippen LogP contribution in [0, 0.1) is 16.2 Å². The van der Waals surface area contributed by atoms with Crippen molar-refractivity contribution in [2.45, 2.75) is 54.5 Å². The zero-order chi connectivity index (χ0) is 16.1. The van der Waals surface area contributed by atoms with Gasteiger partial charge in [-0.3, -0.25) is 0 Å². The third-order valence-electron chi connectivity index (χ3n) is 7.52. The van der Waals surface area contributed by atoms with Crippen LogP contribution in [-0.2, 0) is 4.32 Å². The van der Waals surface area contributed by atoms with Crippen LogP contribution in [-0.4, -0.2) is 8.65 Å². The second-order valence-corrected chi connectivity index (χ2v) is 12.0. The van der Waals surface area contributed by atoms with Crippen molar-refractivity contribution in [3.05, 3.63) is 35.9 Å². The third kappa shape index (κ3) is 1.19. The third-order valence-corrected chi connectivity index (χ3v) is 14.4. The average Bonchev–Trinajstić information content (AvgIpc) is 2.43. The van der Waals surface area contributed by atoms with Gasteiger partial charge in [0.15, 0.2) is 0 Å². The Kier molecular flexibility index (Phi) is 3.15. The van der Waals surface area contributed by atoms with Gasteiger partial charge in [0.2, 0.25) is 0 Å². The summed E-state index contributed by atoms with van der Waals surface area (Å²) in [6, 6.07) is 10.8. The van der Waals surface area contributed by atoms with Crippen LogP contribution in [0.2, 0.25) is 0 Å². The van der Waals surface area contributed by atoms with Gasteiger partial charge < -0.3 is 0 Å². The van der Waals surface area contributed by atoms with Crippen molar-refractivity contribution >= 4 is 47.8 Å². The first-order valence-electron chi connectivity index (χ1n) is 7.48. The normalized spacial score (nSPS) is 49.8. The van der Waals surface area contributed by atoms with E-state index in [9.17, 15) is 0 Å². The molecule has 4 unspecified atom stereocenters. The fourth-order valence-electron chi connectivity index (χ4n) is 5.56. The van der Waals surface area contributed by atoms with Crippen molar-refractivity contribution in [3.63, 3.8) is 0 Å². The molecule has 0 nitrogen and oxygen atoms in total. The van der Waals surface area contributed by atoms with Crippen LogP contribution in [0.4, 0.5) is 0 Å². The number of hydrogen-bond donors (Lipinski definition) is 0. The fourth-order valence-corrected chi connectivity index (χ4v) is 10.6. The van der Waals surface area contributed by atoms with Crippen LogP contribution >= 0.6 is 47.8 Å². The highest BCUT2D eigenvalue weighted by atomic mass is 79.9. The van der Waals surface area contributed by atoms with E-state index in [4.69, 9.17) is 0 Å². The van der Waals surface area contributed by atoms with Crippen LogP contribution in [0.5, 0.6) is 0 Å². The van der Waals surface area contributed by atoms with Gasteiger partial charge in [0.05, 0.1) is 8.65 Å². The molecule has 2 saturated carbocycles. The lowest BCUT2D eigenvalue weighted by Gasteiger charge is -2.93. The van der Waals surface area contributed by atoms with E-state index in [0.717, 1.165) is 0 Å². The molecule has 2 aliphatic rings. The Hall–Kier alpha value is 0.660. The minimum atomic E-state index is -0.100. The highest BCUT2D eigenvalue weighted by Crippen LogP contribution is 2.96. The van der Waals surface area contributed by atoms with Crippen molar-refractivity contribution in [2.75, 3.05) is 0 Å². The summed E-state index contributed by atoms with van der Waals surface area (Å²) in [4.78, 5) is 0. The fraction of sp³-hybridized carbons (Fsp3) is 0.667. The first kappa shape index (κ1) is 16.5. The van der Waals surface area contributed by atoms with E-state index >= 15 is 0 Å². The zero-order valence-electron chi connectivity index (χ0n) is 13.5. The van der Waals surface area contributed by atoms with Gasteiger partial charge in [-0.25, -0.2) is 0 Å². The first-order chi connectivity index (χ1) is 9.36. The molecule has 0 radical (unpaired) electrons. The Labute approximate surface area is 153 Å². The summed E-state index contributed by atoms with van der Waals surface area (Å²) >= 11 is 12.5. The molecule has 0 bridgehead atoms. The van der Waals surface area contributed by atoms with E-state index < -0.39 is 0 Å². The number of hydrogen-bond acceptors (Lipinski definition) is 0. The van der Waals surface area contributed by atoms with E-state index in [1.165, 1.54) is 5.56 Å². The topological polar surface area (TPSA) is 0 Å². The maximum Gasteiger partial charge on any atom is 0.0734 e. The van der Waals surface area contributed by atoms with Crippen molar-refractivity contribution in [1.29, 1.82) is 0 Å². The predicted octanol–water partition coefficient (Wildman–Crippen LogP) is 6.65. The van der Waals surface area contributed by atoms with E-state index in [1.807, 2.05) is 0 Å². The van der Waals surface area contributed by atoms with Gasteiger partial charge in [-0.1, -0.05) is 113 Å². The summed E-state index contributed by atoms with van der Waals surface area (Å²) < 4.78 is -0.123. The number of rotatable bonds is 1. The van der Waals surface area contributed by atoms with Gasteiger partial charge >= 0.3 is 0 Å². The van der Waals surface area contributed by atoms with Crippen LogP contribution in [0.15, 0.2) is 30.3 Å². The van der Waals surface area contributed by atoms with E-state index in [0.29, 0.717) is 0 Å². The van der Waals surface area contributed by atoms with Crippen molar-refractivity contribution in [1.82, 2.24) is 0 Å². The second-order valence-electron chi connectivity index (χ2n) is 8.06. The maximum absolute atomic E-state index is 4.21. The van der Waals surface area contributed by atoms with Gasteiger partial charge in [0.25, 0.3) is 0 Å². The minimum Gasteiger partial charge on any atom is -0.0834 e. The lowest BCUT2D eigenvalue weighted by Crippen LogP contribution is -2.97. The monoisotopic (exact) mass is 476 g/mol. The zero-order valence-corrected chi connectivity index (χ0v) is 18.3. The van der Waals surface area contributed by atoms with Crippen molar-refractivity contribution < 1.29 is 0 Å². The quantitative estimate of drug-likeness (QED) is 0.396. The summed E-state index contributed by atoms with van der Waals surface area (Å²) in [6.07, 6.45) is 0. The molecule has 1 aromatic rings. The average molecular weight is 479 g/mol. The number of fused-ring (bicyclic) bond motifs is 1. The Balaban J connectivity index is 2.28. The molecule has 116 valence electrons. The van der Waals surface area contributed by atoms with Gasteiger partial charge in [-0.05, 0) is 28.7 Å². The summed E-state index contributed by atoms with van der Waals surface area (Å²) in [5.41, 5.74) is 1.86. The molecule has 0 N–H and O–H groups in total. The smallest absolute Gasteiger partial charge is 0.0734 e. The first-order valence-corrected chi connectivity index (χ1v) is 9.86. The van der Waals surface area contributed by atoms with E-state index in [1.54, 1.807) is 0 Å². The molecule has 1 aromatic carbocycles. The highest BCUT2D eigenvalue weighted by Gasteiger charge is 2.97. The SMILES string of the molecule is CC1(C)C(C)(Br)C2(Br)C(Br)(c3ccccc3)C(C)(C)C12C. The molecule has 3 rings (SSSR count). The summed E-state index contributed by atoms with van der Waals surface area (Å²) in [7, 11) is 0. The van der Waals surface area contributed by atoms with Crippen LogP contribution in [0.3, 0.4) is 0 Å². The van der Waals surface area contributed by atoms with Crippen molar-refractivity contribution in [2.24, 2.45) is 16.2 Å². The Morgan fingerprint density at radius 3 is 1.67 bits per heavy atom. The van der Waals surface area contributed by atoms with Gasteiger partial charge in [-0.15, -0.1) is 0 Å². The van der Waals surface area contributed by atoms with E-state index in [2.05, 4.69) is 120 Å². The molecular weight excluding hydrogens is 456 g/mol. The summed E-state index contributed by atoms with van der Waals surface area (Å²) in [5, 5.41) is 0. The van der Waals surface area contributed by atoms with Crippen LogP contribution in [0.25, 0.3) is 0 Å². The Morgan fingerprint density at radius 2 is 1.19 bits per heavy atom. The molecule has 0 amide bonds. The molecule has 21 heavy (non-hydrogen) atoms. The molecule has 0 spiro atoms. The van der Waals surface area contributed by atoms with E-state index in [-0.39, 0.29) is 29.2 Å². The molecule has 2 aliphatic carbocycles. The predicted molar refractivity (Wildman–Crippen MR) is 102 cm³/mol. The number of benzene rings is 1. The standard InChI is InChI=1S/C18H23Br3/c1-13(2)15(5)14(3,4)17(20,12-10-8-7-9-11-12)18(15,21)16(13,6)19/h7-11H,1-6H3. The molecule has 0 saturated heterocycles.